The second-order valence-electron chi connectivity index (χ2n) is 8.23. The number of aromatic nitrogens is 3. The van der Waals surface area contributed by atoms with Gasteiger partial charge in [0.25, 0.3) is 0 Å². The summed E-state index contributed by atoms with van der Waals surface area (Å²) in [5.41, 5.74) is 4.54. The van der Waals surface area contributed by atoms with Gasteiger partial charge in [0.05, 0.1) is 22.0 Å². The number of rotatable bonds is 8. The Morgan fingerprint density at radius 3 is 2.94 bits per heavy atom. The number of Topliss-reactive ketones (excluding diaryl/α,β-unsaturated/α-hetero) is 1. The average Bonchev–Trinajstić information content (AvgIpc) is 3.54. The van der Waals surface area contributed by atoms with Crippen LogP contribution in [-0.4, -0.2) is 20.5 Å². The lowest BCUT2D eigenvalue weighted by Gasteiger charge is -2.23. The van der Waals surface area contributed by atoms with Crippen molar-refractivity contribution >= 4 is 27.3 Å². The molecule has 0 aliphatic heterocycles. The van der Waals surface area contributed by atoms with Crippen molar-refractivity contribution in [1.29, 1.82) is 0 Å². The Balaban J connectivity index is 1.28. The third-order valence-electron chi connectivity index (χ3n) is 6.34. The molecule has 156 valence electrons. The van der Waals surface area contributed by atoms with E-state index in [0.717, 1.165) is 34.6 Å². The van der Waals surface area contributed by atoms with Gasteiger partial charge >= 0.3 is 0 Å². The molecule has 2 atom stereocenters. The molecule has 0 bridgehead atoms. The maximum absolute atomic E-state index is 12.9. The fourth-order valence-electron chi connectivity index (χ4n) is 4.77. The van der Waals surface area contributed by atoms with Crippen molar-refractivity contribution in [2.24, 2.45) is 5.92 Å². The summed E-state index contributed by atoms with van der Waals surface area (Å²) < 4.78 is 2.83. The Morgan fingerprint density at radius 2 is 2.06 bits per heavy atom. The molecule has 0 N–H and O–H groups in total. The van der Waals surface area contributed by atoms with Crippen LogP contribution in [0, 0.1) is 5.92 Å². The lowest BCUT2D eigenvalue weighted by molar-refractivity contribution is 0.0971. The van der Waals surface area contributed by atoms with Crippen molar-refractivity contribution in [2.75, 3.05) is 0 Å². The molecular formula is C26H25N3OS. The van der Waals surface area contributed by atoms with E-state index in [0.29, 0.717) is 23.8 Å². The second-order valence-corrected chi connectivity index (χ2v) is 9.24. The lowest BCUT2D eigenvalue weighted by atomic mass is 9.81. The lowest BCUT2D eigenvalue weighted by Crippen LogP contribution is -2.12. The molecule has 0 saturated heterocycles. The number of fused-ring (bicyclic) bond motifs is 2. The zero-order valence-electron chi connectivity index (χ0n) is 17.4. The first-order valence-corrected chi connectivity index (χ1v) is 11.7. The Morgan fingerprint density at radius 1 is 1.23 bits per heavy atom. The summed E-state index contributed by atoms with van der Waals surface area (Å²) >= 11 is 1.58. The number of allylic oxidation sites excluding steroid dienone is 1. The molecule has 2 unspecified atom stereocenters. The van der Waals surface area contributed by atoms with E-state index in [2.05, 4.69) is 40.9 Å². The van der Waals surface area contributed by atoms with Crippen LogP contribution in [0.4, 0.5) is 0 Å². The average molecular weight is 428 g/mol. The Labute approximate surface area is 186 Å². The van der Waals surface area contributed by atoms with Crippen LogP contribution in [-0.2, 0) is 6.42 Å². The smallest absolute Gasteiger partial charge is 0.211 e. The van der Waals surface area contributed by atoms with E-state index in [1.165, 1.54) is 17.5 Å². The molecule has 4 nitrogen and oxygen atoms in total. The van der Waals surface area contributed by atoms with Crippen molar-refractivity contribution in [3.8, 4) is 5.13 Å². The first-order valence-electron chi connectivity index (χ1n) is 10.9. The Kier molecular flexibility index (Phi) is 5.51. The third-order valence-corrected chi connectivity index (χ3v) is 7.37. The summed E-state index contributed by atoms with van der Waals surface area (Å²) in [5.74, 6) is 1.12. The molecule has 1 aliphatic carbocycles. The topological polar surface area (TPSA) is 47.8 Å². The van der Waals surface area contributed by atoms with E-state index < -0.39 is 0 Å². The second kappa shape index (κ2) is 8.60. The molecule has 0 saturated carbocycles. The van der Waals surface area contributed by atoms with Crippen LogP contribution in [0.25, 0.3) is 15.3 Å². The molecule has 0 fully saturated rings. The summed E-state index contributed by atoms with van der Waals surface area (Å²) in [4.78, 5) is 17.6. The number of para-hydroxylation sites is 1. The molecule has 2 aromatic carbocycles. The van der Waals surface area contributed by atoms with Gasteiger partial charge in [-0.2, -0.15) is 5.10 Å². The SMILES string of the molecule is C=CCC(CCC(=O)c1cnn(-c2nc3ccccc3s2)c1)C1CCc2ccccc21. The molecule has 1 aliphatic rings. The highest BCUT2D eigenvalue weighted by Gasteiger charge is 2.29. The zero-order chi connectivity index (χ0) is 21.2. The molecule has 2 aromatic heterocycles. The van der Waals surface area contributed by atoms with Gasteiger partial charge in [0, 0.05) is 12.6 Å². The normalized spacial score (nSPS) is 16.3. The highest BCUT2D eigenvalue weighted by molar-refractivity contribution is 7.20. The van der Waals surface area contributed by atoms with Crippen LogP contribution in [0.2, 0.25) is 0 Å². The molecule has 5 rings (SSSR count). The van der Waals surface area contributed by atoms with Crippen LogP contribution in [0.1, 0.15) is 53.1 Å². The van der Waals surface area contributed by atoms with E-state index in [4.69, 9.17) is 0 Å². The van der Waals surface area contributed by atoms with Crippen molar-refractivity contribution in [2.45, 2.75) is 38.0 Å². The molecule has 0 spiro atoms. The minimum atomic E-state index is 0.146. The number of thiazole rings is 1. The first-order chi connectivity index (χ1) is 15.2. The van der Waals surface area contributed by atoms with Gasteiger partial charge < -0.3 is 0 Å². The minimum Gasteiger partial charge on any atom is -0.294 e. The number of aryl methyl sites for hydroxylation is 1. The van der Waals surface area contributed by atoms with Gasteiger partial charge in [-0.05, 0) is 60.8 Å². The van der Waals surface area contributed by atoms with E-state index >= 15 is 0 Å². The predicted molar refractivity (Wildman–Crippen MR) is 126 cm³/mol. The van der Waals surface area contributed by atoms with Gasteiger partial charge in [-0.25, -0.2) is 9.67 Å². The van der Waals surface area contributed by atoms with Crippen molar-refractivity contribution < 1.29 is 4.79 Å². The van der Waals surface area contributed by atoms with E-state index in [-0.39, 0.29) is 5.78 Å². The fraction of sp³-hybridized carbons (Fsp3) is 0.269. The highest BCUT2D eigenvalue weighted by atomic mass is 32.1. The number of carbonyl (C=O) groups is 1. The summed E-state index contributed by atoms with van der Waals surface area (Å²) in [7, 11) is 0. The molecular weight excluding hydrogens is 402 g/mol. The summed E-state index contributed by atoms with van der Waals surface area (Å²) in [5, 5.41) is 5.19. The fourth-order valence-corrected chi connectivity index (χ4v) is 5.67. The number of ketones is 1. The molecule has 31 heavy (non-hydrogen) atoms. The maximum atomic E-state index is 12.9. The quantitative estimate of drug-likeness (QED) is 0.243. The molecule has 0 radical (unpaired) electrons. The molecule has 0 amide bonds. The van der Waals surface area contributed by atoms with Gasteiger partial charge in [0.2, 0.25) is 5.13 Å². The van der Waals surface area contributed by atoms with Crippen LogP contribution in [0.3, 0.4) is 0 Å². The van der Waals surface area contributed by atoms with E-state index in [9.17, 15) is 4.79 Å². The maximum Gasteiger partial charge on any atom is 0.211 e. The Hall–Kier alpha value is -3.05. The summed E-state index contributed by atoms with van der Waals surface area (Å²) in [6, 6.07) is 16.8. The summed E-state index contributed by atoms with van der Waals surface area (Å²) in [6.45, 7) is 3.96. The standard InChI is InChI=1S/C26H25N3OS/c1-2-7-18(22-14-12-19-8-3-4-9-21(19)22)13-15-24(30)20-16-27-29(17-20)26-28-23-10-5-6-11-25(23)31-26/h2-6,8-11,16-18,22H,1,7,12-15H2. The monoisotopic (exact) mass is 427 g/mol. The Bertz CT molecular complexity index is 1210. The van der Waals surface area contributed by atoms with Crippen molar-refractivity contribution in [3.05, 3.63) is 90.3 Å². The highest BCUT2D eigenvalue weighted by Crippen LogP contribution is 2.41. The molecule has 4 aromatic rings. The van der Waals surface area contributed by atoms with Crippen molar-refractivity contribution in [3.63, 3.8) is 0 Å². The molecule has 5 heteroatoms. The predicted octanol–water partition coefficient (Wildman–Crippen LogP) is 6.37. The number of hydrogen-bond acceptors (Lipinski definition) is 4. The van der Waals surface area contributed by atoms with Gasteiger partial charge in [0.1, 0.15) is 0 Å². The van der Waals surface area contributed by atoms with Crippen molar-refractivity contribution in [1.82, 2.24) is 14.8 Å². The van der Waals surface area contributed by atoms with E-state index in [1.54, 1.807) is 22.2 Å². The van der Waals surface area contributed by atoms with Crippen LogP contribution in [0.15, 0.2) is 73.6 Å². The molecule has 2 heterocycles. The van der Waals surface area contributed by atoms with Gasteiger partial charge in [0.15, 0.2) is 5.78 Å². The number of nitrogens with zero attached hydrogens (tertiary/aromatic N) is 3. The zero-order valence-corrected chi connectivity index (χ0v) is 18.2. The van der Waals surface area contributed by atoms with Gasteiger partial charge in [-0.3, -0.25) is 4.79 Å². The largest absolute Gasteiger partial charge is 0.294 e. The van der Waals surface area contributed by atoms with Crippen LogP contribution in [0.5, 0.6) is 0 Å². The third kappa shape index (κ3) is 3.98. The summed E-state index contributed by atoms with van der Waals surface area (Å²) in [6.07, 6.45) is 10.1. The van der Waals surface area contributed by atoms with E-state index in [1.807, 2.05) is 36.5 Å². The van der Waals surface area contributed by atoms with Crippen LogP contribution < -0.4 is 0 Å². The minimum absolute atomic E-state index is 0.146. The first kappa shape index (κ1) is 19.9. The number of benzene rings is 2. The van der Waals surface area contributed by atoms with Gasteiger partial charge in [-0.1, -0.05) is 53.8 Å². The number of hydrogen-bond donors (Lipinski definition) is 0. The van der Waals surface area contributed by atoms with Gasteiger partial charge in [-0.15, -0.1) is 6.58 Å². The van der Waals surface area contributed by atoms with Crippen LogP contribution >= 0.6 is 11.3 Å². The number of carbonyl (C=O) groups excluding carboxylic acids is 1.